The van der Waals surface area contributed by atoms with Gasteiger partial charge in [-0.15, -0.1) is 0 Å². The van der Waals surface area contributed by atoms with Gasteiger partial charge < -0.3 is 19.5 Å². The predicted octanol–water partition coefficient (Wildman–Crippen LogP) is 4.96. The van der Waals surface area contributed by atoms with Crippen LogP contribution in [0.15, 0.2) is 41.4 Å². The average Bonchev–Trinajstić information content (AvgIpc) is 2.88. The molecule has 0 amide bonds. The first-order valence-electron chi connectivity index (χ1n) is 10.1. The van der Waals surface area contributed by atoms with Gasteiger partial charge in [0, 0.05) is 12.1 Å². The highest BCUT2D eigenvalue weighted by Crippen LogP contribution is 2.47. The zero-order valence-electron chi connectivity index (χ0n) is 18.1. The molecule has 0 saturated heterocycles. The van der Waals surface area contributed by atoms with Crippen molar-refractivity contribution in [3.8, 4) is 17.2 Å². The van der Waals surface area contributed by atoms with Crippen LogP contribution in [-0.2, 0) is 4.79 Å². The smallest absolute Gasteiger partial charge is 0.203 e. The molecule has 2 aromatic carbocycles. The molecular weight excluding hydrogens is 380 g/mol. The minimum Gasteiger partial charge on any atom is -0.493 e. The van der Waals surface area contributed by atoms with Gasteiger partial charge in [0.1, 0.15) is 5.78 Å². The Morgan fingerprint density at radius 2 is 1.67 bits per heavy atom. The van der Waals surface area contributed by atoms with Gasteiger partial charge in [0.25, 0.3) is 0 Å². The van der Waals surface area contributed by atoms with E-state index in [4.69, 9.17) is 19.2 Å². The molecule has 2 aromatic rings. The largest absolute Gasteiger partial charge is 0.493 e. The van der Waals surface area contributed by atoms with Crippen LogP contribution < -0.4 is 19.5 Å². The first-order chi connectivity index (χ1) is 14.4. The molecule has 1 saturated carbocycles. The maximum atomic E-state index is 13.4. The normalized spacial score (nSPS) is 22.0. The molecule has 2 atom stereocenters. The lowest BCUT2D eigenvalue weighted by Gasteiger charge is -2.37. The number of anilines is 1. The fourth-order valence-corrected chi connectivity index (χ4v) is 4.57. The molecule has 30 heavy (non-hydrogen) atoms. The van der Waals surface area contributed by atoms with Crippen LogP contribution in [-0.4, -0.2) is 32.8 Å². The lowest BCUT2D eigenvalue weighted by atomic mass is 9.68. The number of Topliss-reactive ketones (excluding diaryl/α,β-unsaturated/α-hetero) is 1. The number of ketones is 1. The number of hydrogen-bond donors (Lipinski definition) is 1. The minimum atomic E-state index is -0.353. The van der Waals surface area contributed by atoms with Gasteiger partial charge in [-0.3, -0.25) is 9.79 Å². The number of ether oxygens (including phenoxy) is 3. The van der Waals surface area contributed by atoms with E-state index in [1.807, 2.05) is 36.4 Å². The third kappa shape index (κ3) is 3.51. The Morgan fingerprint density at radius 3 is 2.30 bits per heavy atom. The average molecular weight is 408 g/mol. The maximum absolute atomic E-state index is 13.4. The molecule has 4 rings (SSSR count). The van der Waals surface area contributed by atoms with Gasteiger partial charge >= 0.3 is 0 Å². The maximum Gasteiger partial charge on any atom is 0.203 e. The summed E-state index contributed by atoms with van der Waals surface area (Å²) in [7, 11) is 4.77. The Labute approximate surface area is 177 Å². The molecule has 1 unspecified atom stereocenters. The molecule has 0 spiro atoms. The zero-order chi connectivity index (χ0) is 21.5. The van der Waals surface area contributed by atoms with Crippen molar-refractivity contribution >= 4 is 22.9 Å². The van der Waals surface area contributed by atoms with Crippen molar-refractivity contribution in [3.63, 3.8) is 0 Å². The van der Waals surface area contributed by atoms with E-state index in [0.717, 1.165) is 29.1 Å². The van der Waals surface area contributed by atoms with Crippen LogP contribution in [0.3, 0.4) is 0 Å². The van der Waals surface area contributed by atoms with Crippen molar-refractivity contribution in [1.82, 2.24) is 0 Å². The number of carbonyl (C=O) groups excluding carboxylic acids is 1. The molecule has 0 aromatic heterocycles. The number of nitrogens with one attached hydrogen (secondary N) is 1. The minimum absolute atomic E-state index is 0.106. The summed E-state index contributed by atoms with van der Waals surface area (Å²) in [6, 6.07) is 11.5. The van der Waals surface area contributed by atoms with Crippen LogP contribution >= 0.6 is 0 Å². The third-order valence-electron chi connectivity index (χ3n) is 5.88. The fraction of sp³-hybridized carbons (Fsp3) is 0.417. The number of aliphatic imine (C=N–C) groups is 1. The van der Waals surface area contributed by atoms with Crippen LogP contribution in [0.1, 0.15) is 38.3 Å². The zero-order valence-corrected chi connectivity index (χ0v) is 18.1. The number of nitrogens with zero attached hydrogens (tertiary/aromatic N) is 1. The second-order valence-electron chi connectivity index (χ2n) is 8.66. The Balaban J connectivity index is 1.89. The van der Waals surface area contributed by atoms with E-state index in [9.17, 15) is 4.79 Å². The molecule has 1 heterocycles. The third-order valence-corrected chi connectivity index (χ3v) is 5.88. The molecule has 6 nitrogen and oxygen atoms in total. The fourth-order valence-electron chi connectivity index (χ4n) is 4.57. The van der Waals surface area contributed by atoms with Gasteiger partial charge in [0.05, 0.1) is 44.7 Å². The molecule has 2 aliphatic rings. The standard InChI is InChI=1S/C24H28N2O4/c1-24(2)12-17-21(18(27)13-24)22(26-16-9-7-6-8-15(16)25-17)14-10-19(28-3)23(30-5)20(11-14)29-4/h6-11,21-22,26H,12-13H2,1-5H3/t21?,22-/m0/s1. The van der Waals surface area contributed by atoms with Crippen LogP contribution in [0, 0.1) is 11.3 Å². The molecule has 0 radical (unpaired) electrons. The summed E-state index contributed by atoms with van der Waals surface area (Å²) in [6.45, 7) is 4.25. The summed E-state index contributed by atoms with van der Waals surface area (Å²) in [6.07, 6.45) is 1.30. The van der Waals surface area contributed by atoms with Gasteiger partial charge in [-0.25, -0.2) is 0 Å². The number of para-hydroxylation sites is 2. The lowest BCUT2D eigenvalue weighted by Crippen LogP contribution is -2.42. The summed E-state index contributed by atoms with van der Waals surface area (Å²) >= 11 is 0. The van der Waals surface area contributed by atoms with Crippen molar-refractivity contribution in [2.45, 2.75) is 32.7 Å². The lowest BCUT2D eigenvalue weighted by molar-refractivity contribution is -0.124. The molecule has 158 valence electrons. The Kier molecular flexibility index (Phi) is 5.18. The highest BCUT2D eigenvalue weighted by Gasteiger charge is 2.44. The summed E-state index contributed by atoms with van der Waals surface area (Å²) in [5, 5.41) is 3.59. The Bertz CT molecular complexity index is 987. The van der Waals surface area contributed by atoms with Crippen molar-refractivity contribution < 1.29 is 19.0 Å². The van der Waals surface area contributed by atoms with Gasteiger partial charge in [-0.05, 0) is 41.7 Å². The number of fused-ring (bicyclic) bond motifs is 2. The van der Waals surface area contributed by atoms with Crippen LogP contribution in [0.4, 0.5) is 11.4 Å². The molecule has 1 aliphatic carbocycles. The second-order valence-corrected chi connectivity index (χ2v) is 8.66. The summed E-state index contributed by atoms with van der Waals surface area (Å²) < 4.78 is 16.6. The quantitative estimate of drug-likeness (QED) is 0.775. The number of rotatable bonds is 4. The summed E-state index contributed by atoms with van der Waals surface area (Å²) in [5.74, 6) is 1.50. The van der Waals surface area contributed by atoms with Crippen molar-refractivity contribution in [3.05, 3.63) is 42.0 Å². The monoisotopic (exact) mass is 408 g/mol. The number of hydrogen-bond acceptors (Lipinski definition) is 6. The van der Waals surface area contributed by atoms with E-state index in [0.29, 0.717) is 23.7 Å². The molecule has 6 heteroatoms. The van der Waals surface area contributed by atoms with E-state index in [1.54, 1.807) is 21.3 Å². The SMILES string of the molecule is COc1cc([C@@H]2Nc3ccccc3N=C3CC(C)(C)CC(=O)C32)cc(OC)c1OC. The van der Waals surface area contributed by atoms with E-state index < -0.39 is 0 Å². The Morgan fingerprint density at radius 1 is 1.00 bits per heavy atom. The molecular formula is C24H28N2O4. The van der Waals surface area contributed by atoms with Crippen LogP contribution in [0.25, 0.3) is 0 Å². The highest BCUT2D eigenvalue weighted by molar-refractivity contribution is 6.10. The van der Waals surface area contributed by atoms with Gasteiger partial charge in [-0.2, -0.15) is 0 Å². The predicted molar refractivity (Wildman–Crippen MR) is 118 cm³/mol. The van der Waals surface area contributed by atoms with Crippen LogP contribution in [0.2, 0.25) is 0 Å². The van der Waals surface area contributed by atoms with Crippen molar-refractivity contribution in [2.24, 2.45) is 16.3 Å². The number of carbonyl (C=O) groups is 1. The topological polar surface area (TPSA) is 69.2 Å². The van der Waals surface area contributed by atoms with E-state index in [-0.39, 0.29) is 23.2 Å². The summed E-state index contributed by atoms with van der Waals surface area (Å²) in [5.41, 5.74) is 3.48. The van der Waals surface area contributed by atoms with E-state index >= 15 is 0 Å². The van der Waals surface area contributed by atoms with E-state index in [1.165, 1.54) is 0 Å². The van der Waals surface area contributed by atoms with Crippen molar-refractivity contribution in [2.75, 3.05) is 26.6 Å². The van der Waals surface area contributed by atoms with Crippen molar-refractivity contribution in [1.29, 1.82) is 0 Å². The summed E-state index contributed by atoms with van der Waals surface area (Å²) in [4.78, 5) is 18.3. The molecule has 1 fully saturated rings. The Hall–Kier alpha value is -3.02. The highest BCUT2D eigenvalue weighted by atomic mass is 16.5. The molecule has 1 aliphatic heterocycles. The van der Waals surface area contributed by atoms with Crippen LogP contribution in [0.5, 0.6) is 17.2 Å². The molecule has 1 N–H and O–H groups in total. The first kappa shape index (κ1) is 20.3. The second kappa shape index (κ2) is 7.67. The van der Waals surface area contributed by atoms with E-state index in [2.05, 4.69) is 19.2 Å². The van der Waals surface area contributed by atoms with Gasteiger partial charge in [0.2, 0.25) is 5.75 Å². The van der Waals surface area contributed by atoms with Gasteiger partial charge in [-0.1, -0.05) is 26.0 Å². The number of methoxy groups -OCH3 is 3. The van der Waals surface area contributed by atoms with Gasteiger partial charge in [0.15, 0.2) is 11.5 Å². The number of benzene rings is 2. The molecule has 0 bridgehead atoms. The first-order valence-corrected chi connectivity index (χ1v) is 10.1.